The fraction of sp³-hybridized carbons (Fsp3) is 0.538. The second-order valence-electron chi connectivity index (χ2n) is 4.41. The normalized spacial score (nSPS) is 22.1. The highest BCUT2D eigenvalue weighted by molar-refractivity contribution is 5.28. The van der Waals surface area contributed by atoms with Gasteiger partial charge in [0, 0.05) is 5.41 Å². The van der Waals surface area contributed by atoms with Crippen LogP contribution in [0.25, 0.3) is 0 Å². The third kappa shape index (κ3) is 1.46. The largest absolute Gasteiger partial charge is 0.392 e. The number of rotatable bonds is 2. The van der Waals surface area contributed by atoms with Gasteiger partial charge < -0.3 is 5.11 Å². The molecule has 0 spiro atoms. The van der Waals surface area contributed by atoms with Crippen LogP contribution in [-0.2, 0) is 5.41 Å². The molecule has 76 valence electrons. The number of benzene rings is 1. The summed E-state index contributed by atoms with van der Waals surface area (Å²) in [6.07, 6.45) is 4.54. The number of aliphatic hydroxyl groups excluding tert-OH is 1. The molecule has 14 heavy (non-hydrogen) atoms. The Balaban J connectivity index is 2.36. The summed E-state index contributed by atoms with van der Waals surface area (Å²) in [6, 6.07) is 10.5. The molecular formula is C13H18O. The molecule has 0 bridgehead atoms. The van der Waals surface area contributed by atoms with Crippen LogP contribution in [0.4, 0.5) is 0 Å². The predicted octanol–water partition coefficient (Wildman–Crippen LogP) is 2.88. The molecule has 1 aromatic carbocycles. The molecule has 0 amide bonds. The van der Waals surface area contributed by atoms with Crippen molar-refractivity contribution < 1.29 is 5.11 Å². The van der Waals surface area contributed by atoms with Crippen molar-refractivity contribution >= 4 is 0 Å². The van der Waals surface area contributed by atoms with Crippen LogP contribution in [0.15, 0.2) is 30.3 Å². The Morgan fingerprint density at radius 2 is 1.71 bits per heavy atom. The average molecular weight is 190 g/mol. The molecule has 1 fully saturated rings. The molecule has 1 N–H and O–H groups in total. The molecule has 1 aliphatic rings. The van der Waals surface area contributed by atoms with Gasteiger partial charge in [-0.1, -0.05) is 43.2 Å². The number of hydrogen-bond acceptors (Lipinski definition) is 1. The molecule has 1 aliphatic carbocycles. The van der Waals surface area contributed by atoms with Crippen molar-refractivity contribution in [1.82, 2.24) is 0 Å². The summed E-state index contributed by atoms with van der Waals surface area (Å²) >= 11 is 0. The maximum atomic E-state index is 9.96. The standard InChI is InChI=1S/C13H18O/c1-11(14)13(9-5-6-10-13)12-7-3-2-4-8-12/h2-4,7-8,11,14H,5-6,9-10H2,1H3. The van der Waals surface area contributed by atoms with Crippen molar-refractivity contribution in [3.8, 4) is 0 Å². The van der Waals surface area contributed by atoms with Crippen LogP contribution in [0.1, 0.15) is 38.2 Å². The minimum absolute atomic E-state index is 0.0429. The first-order chi connectivity index (χ1) is 6.76. The lowest BCUT2D eigenvalue weighted by Gasteiger charge is -2.32. The van der Waals surface area contributed by atoms with Crippen LogP contribution in [-0.4, -0.2) is 11.2 Å². The minimum Gasteiger partial charge on any atom is -0.392 e. The van der Waals surface area contributed by atoms with Crippen LogP contribution < -0.4 is 0 Å². The van der Waals surface area contributed by atoms with Crippen molar-refractivity contribution in [1.29, 1.82) is 0 Å². The van der Waals surface area contributed by atoms with E-state index in [1.807, 2.05) is 13.0 Å². The maximum Gasteiger partial charge on any atom is 0.0608 e. The molecule has 1 nitrogen and oxygen atoms in total. The van der Waals surface area contributed by atoms with Crippen LogP contribution in [0, 0.1) is 0 Å². The summed E-state index contributed by atoms with van der Waals surface area (Å²) in [4.78, 5) is 0. The summed E-state index contributed by atoms with van der Waals surface area (Å²) in [6.45, 7) is 1.93. The smallest absolute Gasteiger partial charge is 0.0608 e. The van der Waals surface area contributed by atoms with Crippen LogP contribution in [0.2, 0.25) is 0 Å². The zero-order chi connectivity index (χ0) is 10.0. The quantitative estimate of drug-likeness (QED) is 0.760. The Kier molecular flexibility index (Phi) is 2.60. The van der Waals surface area contributed by atoms with Gasteiger partial charge in [-0.25, -0.2) is 0 Å². The molecule has 0 aliphatic heterocycles. The van der Waals surface area contributed by atoms with Crippen molar-refractivity contribution in [3.63, 3.8) is 0 Å². The molecule has 0 saturated heterocycles. The predicted molar refractivity (Wildman–Crippen MR) is 58.3 cm³/mol. The van der Waals surface area contributed by atoms with Gasteiger partial charge in [-0.3, -0.25) is 0 Å². The van der Waals surface area contributed by atoms with E-state index in [4.69, 9.17) is 0 Å². The van der Waals surface area contributed by atoms with Crippen molar-refractivity contribution in [2.24, 2.45) is 0 Å². The summed E-state index contributed by atoms with van der Waals surface area (Å²) < 4.78 is 0. The Bertz CT molecular complexity index is 283. The van der Waals surface area contributed by atoms with Gasteiger partial charge in [-0.2, -0.15) is 0 Å². The topological polar surface area (TPSA) is 20.2 Å². The molecule has 1 heteroatoms. The zero-order valence-electron chi connectivity index (χ0n) is 8.74. The second kappa shape index (κ2) is 3.74. The van der Waals surface area contributed by atoms with Gasteiger partial charge in [-0.05, 0) is 25.3 Å². The minimum atomic E-state index is -0.229. The summed E-state index contributed by atoms with van der Waals surface area (Å²) in [7, 11) is 0. The average Bonchev–Trinajstić information content (AvgIpc) is 2.69. The Hall–Kier alpha value is -0.820. The lowest BCUT2D eigenvalue weighted by molar-refractivity contribution is 0.0994. The first-order valence-corrected chi connectivity index (χ1v) is 5.49. The van der Waals surface area contributed by atoms with Crippen LogP contribution >= 0.6 is 0 Å². The van der Waals surface area contributed by atoms with Gasteiger partial charge in [0.1, 0.15) is 0 Å². The first-order valence-electron chi connectivity index (χ1n) is 5.49. The lowest BCUT2D eigenvalue weighted by atomic mass is 9.75. The third-order valence-corrected chi connectivity index (χ3v) is 3.64. The van der Waals surface area contributed by atoms with Crippen LogP contribution in [0.5, 0.6) is 0 Å². The van der Waals surface area contributed by atoms with Gasteiger partial charge in [0.15, 0.2) is 0 Å². The van der Waals surface area contributed by atoms with Crippen molar-refractivity contribution in [2.75, 3.05) is 0 Å². The Morgan fingerprint density at radius 3 is 2.21 bits per heavy atom. The fourth-order valence-corrected chi connectivity index (χ4v) is 2.72. The van der Waals surface area contributed by atoms with E-state index in [2.05, 4.69) is 24.3 Å². The van der Waals surface area contributed by atoms with Gasteiger partial charge >= 0.3 is 0 Å². The first kappa shape index (κ1) is 9.72. The van der Waals surface area contributed by atoms with E-state index in [1.54, 1.807) is 0 Å². The van der Waals surface area contributed by atoms with E-state index < -0.39 is 0 Å². The Morgan fingerprint density at radius 1 is 1.14 bits per heavy atom. The molecule has 1 saturated carbocycles. The monoisotopic (exact) mass is 190 g/mol. The molecule has 1 aromatic rings. The van der Waals surface area contributed by atoms with Gasteiger partial charge in [-0.15, -0.1) is 0 Å². The van der Waals surface area contributed by atoms with E-state index >= 15 is 0 Å². The van der Waals surface area contributed by atoms with Gasteiger partial charge in [0.2, 0.25) is 0 Å². The van der Waals surface area contributed by atoms with Crippen molar-refractivity contribution in [3.05, 3.63) is 35.9 Å². The molecular weight excluding hydrogens is 172 g/mol. The lowest BCUT2D eigenvalue weighted by Crippen LogP contribution is -2.34. The van der Waals surface area contributed by atoms with E-state index in [9.17, 15) is 5.11 Å². The molecule has 1 atom stereocenters. The zero-order valence-corrected chi connectivity index (χ0v) is 8.74. The third-order valence-electron chi connectivity index (χ3n) is 3.64. The van der Waals surface area contributed by atoms with Gasteiger partial charge in [0.05, 0.1) is 6.10 Å². The van der Waals surface area contributed by atoms with E-state index in [0.29, 0.717) is 0 Å². The highest BCUT2D eigenvalue weighted by Crippen LogP contribution is 2.43. The maximum absolute atomic E-state index is 9.96. The van der Waals surface area contributed by atoms with E-state index in [0.717, 1.165) is 12.8 Å². The molecule has 0 aromatic heterocycles. The fourth-order valence-electron chi connectivity index (χ4n) is 2.72. The molecule has 0 heterocycles. The molecule has 0 radical (unpaired) electrons. The summed E-state index contributed by atoms with van der Waals surface area (Å²) in [5.74, 6) is 0. The van der Waals surface area contributed by atoms with Gasteiger partial charge in [0.25, 0.3) is 0 Å². The summed E-state index contributed by atoms with van der Waals surface area (Å²) in [5, 5.41) is 9.96. The molecule has 2 rings (SSSR count). The SMILES string of the molecule is CC(O)C1(c2ccccc2)CCCC1. The number of aliphatic hydroxyl groups is 1. The number of hydrogen-bond donors (Lipinski definition) is 1. The summed E-state index contributed by atoms with van der Waals surface area (Å²) in [5.41, 5.74) is 1.36. The second-order valence-corrected chi connectivity index (χ2v) is 4.41. The highest BCUT2D eigenvalue weighted by Gasteiger charge is 2.39. The van der Waals surface area contributed by atoms with Crippen molar-refractivity contribution in [2.45, 2.75) is 44.1 Å². The Labute approximate surface area is 85.8 Å². The van der Waals surface area contributed by atoms with E-state index in [-0.39, 0.29) is 11.5 Å². The molecule has 1 unspecified atom stereocenters. The van der Waals surface area contributed by atoms with Crippen LogP contribution in [0.3, 0.4) is 0 Å². The highest BCUT2D eigenvalue weighted by atomic mass is 16.3. The van der Waals surface area contributed by atoms with E-state index in [1.165, 1.54) is 18.4 Å².